The van der Waals surface area contributed by atoms with Crippen LogP contribution in [0.2, 0.25) is 0 Å². The second-order valence-electron chi connectivity index (χ2n) is 7.99. The molecule has 3 heterocycles. The van der Waals surface area contributed by atoms with Gasteiger partial charge in [-0.05, 0) is 38.3 Å². The number of nitrogens with one attached hydrogen (secondary N) is 4. The van der Waals surface area contributed by atoms with E-state index in [9.17, 15) is 14.4 Å². The third kappa shape index (κ3) is 5.90. The Bertz CT molecular complexity index is 726. The first-order valence-corrected chi connectivity index (χ1v) is 10.2. The fourth-order valence-electron chi connectivity index (χ4n) is 3.93. The molecule has 0 aliphatic carbocycles. The van der Waals surface area contributed by atoms with Crippen LogP contribution in [0, 0.1) is 0 Å². The minimum Gasteiger partial charge on any atom is -0.353 e. The molecule has 9 nitrogen and oxygen atoms in total. The molecule has 2 saturated heterocycles. The van der Waals surface area contributed by atoms with Gasteiger partial charge in [-0.25, -0.2) is 4.79 Å². The summed E-state index contributed by atoms with van der Waals surface area (Å²) in [5, 5.41) is 11.6. The second-order valence-corrected chi connectivity index (χ2v) is 7.99. The number of rotatable bonds is 7. The maximum absolute atomic E-state index is 12.3. The Morgan fingerprint density at radius 1 is 1.38 bits per heavy atom. The van der Waals surface area contributed by atoms with Gasteiger partial charge >= 0.3 is 6.03 Å². The van der Waals surface area contributed by atoms with Crippen molar-refractivity contribution in [3.05, 3.63) is 30.1 Å². The van der Waals surface area contributed by atoms with Crippen LogP contribution in [0.4, 0.5) is 4.79 Å². The predicted octanol–water partition coefficient (Wildman–Crippen LogP) is 0.127. The Morgan fingerprint density at radius 2 is 2.21 bits per heavy atom. The highest BCUT2D eigenvalue weighted by Crippen LogP contribution is 2.25. The molecule has 1 aromatic heterocycles. The molecule has 2 aliphatic heterocycles. The largest absolute Gasteiger partial charge is 0.353 e. The lowest BCUT2D eigenvalue weighted by Gasteiger charge is -2.37. The molecule has 9 heteroatoms. The second kappa shape index (κ2) is 9.69. The molecule has 0 radical (unpaired) electrons. The molecule has 0 bridgehead atoms. The summed E-state index contributed by atoms with van der Waals surface area (Å²) in [4.78, 5) is 42.6. The summed E-state index contributed by atoms with van der Waals surface area (Å²) in [5.41, 5.74) is 0.957. The smallest absolute Gasteiger partial charge is 0.315 e. The van der Waals surface area contributed by atoms with E-state index < -0.39 is 0 Å². The van der Waals surface area contributed by atoms with E-state index in [0.717, 1.165) is 5.56 Å². The van der Waals surface area contributed by atoms with Crippen LogP contribution in [0.5, 0.6) is 0 Å². The number of aromatic nitrogens is 1. The maximum atomic E-state index is 12.3. The molecule has 4 amide bonds. The molecule has 29 heavy (non-hydrogen) atoms. The number of hydrogen-bond acceptors (Lipinski definition) is 5. The molecule has 158 valence electrons. The van der Waals surface area contributed by atoms with Crippen LogP contribution >= 0.6 is 0 Å². The van der Waals surface area contributed by atoms with Crippen LogP contribution in [0.25, 0.3) is 0 Å². The van der Waals surface area contributed by atoms with Gasteiger partial charge in [0.05, 0.1) is 6.04 Å². The van der Waals surface area contributed by atoms with Gasteiger partial charge in [-0.3, -0.25) is 19.5 Å². The standard InChI is InChI=1S/C20H30N6O3/c1-13(2)24-20(29)25-15-8-17-19(28)23-11-16(26(17)12-15)5-6-18(27)22-10-14-4-3-7-21-9-14/h3-4,7,9,13,15-17H,5-6,8,10-12H2,1-2H3,(H,22,27)(H,23,28)(H2,24,25,29)/t15-,16+,17-/m0/s1. The number of carbonyl (C=O) groups excluding carboxylic acids is 3. The summed E-state index contributed by atoms with van der Waals surface area (Å²) in [6.45, 7) is 5.40. The number of hydrogen-bond donors (Lipinski definition) is 4. The summed E-state index contributed by atoms with van der Waals surface area (Å²) < 4.78 is 0. The number of amides is 4. The van der Waals surface area contributed by atoms with E-state index in [1.54, 1.807) is 12.4 Å². The molecular weight excluding hydrogens is 372 g/mol. The highest BCUT2D eigenvalue weighted by molar-refractivity contribution is 5.83. The van der Waals surface area contributed by atoms with Crippen LogP contribution in [-0.2, 0) is 16.1 Å². The highest BCUT2D eigenvalue weighted by atomic mass is 16.2. The van der Waals surface area contributed by atoms with E-state index in [0.29, 0.717) is 38.9 Å². The number of carbonyl (C=O) groups is 3. The third-order valence-electron chi connectivity index (χ3n) is 5.29. The van der Waals surface area contributed by atoms with E-state index in [2.05, 4.69) is 31.2 Å². The Balaban J connectivity index is 1.48. The van der Waals surface area contributed by atoms with Crippen LogP contribution in [0.3, 0.4) is 0 Å². The average molecular weight is 402 g/mol. The molecule has 0 spiro atoms. The fraction of sp³-hybridized carbons (Fsp3) is 0.600. The normalized spacial score (nSPS) is 24.0. The molecular formula is C20H30N6O3. The van der Waals surface area contributed by atoms with E-state index in [1.165, 1.54) is 0 Å². The Kier molecular flexibility index (Phi) is 7.03. The first kappa shape index (κ1) is 21.0. The van der Waals surface area contributed by atoms with Gasteiger partial charge in [-0.1, -0.05) is 6.07 Å². The van der Waals surface area contributed by atoms with Gasteiger partial charge in [0.1, 0.15) is 0 Å². The lowest BCUT2D eigenvalue weighted by Crippen LogP contribution is -2.58. The Hall–Kier alpha value is -2.68. The quantitative estimate of drug-likeness (QED) is 0.517. The fourth-order valence-corrected chi connectivity index (χ4v) is 3.93. The summed E-state index contributed by atoms with van der Waals surface area (Å²) in [5.74, 6) is -0.0247. The molecule has 0 aromatic carbocycles. The maximum Gasteiger partial charge on any atom is 0.315 e. The summed E-state index contributed by atoms with van der Waals surface area (Å²) in [6, 6.07) is 3.35. The van der Waals surface area contributed by atoms with Gasteiger partial charge in [-0.15, -0.1) is 0 Å². The van der Waals surface area contributed by atoms with E-state index in [-0.39, 0.29) is 42.0 Å². The molecule has 0 saturated carbocycles. The van der Waals surface area contributed by atoms with Crippen molar-refractivity contribution in [2.75, 3.05) is 13.1 Å². The van der Waals surface area contributed by atoms with Crippen LogP contribution in [0.15, 0.2) is 24.5 Å². The van der Waals surface area contributed by atoms with Crippen LogP contribution in [-0.4, -0.2) is 65.0 Å². The Morgan fingerprint density at radius 3 is 2.93 bits per heavy atom. The number of nitrogens with zero attached hydrogens (tertiary/aromatic N) is 2. The highest BCUT2D eigenvalue weighted by Gasteiger charge is 2.43. The van der Waals surface area contributed by atoms with Crippen molar-refractivity contribution in [2.24, 2.45) is 0 Å². The number of urea groups is 1. The zero-order valence-electron chi connectivity index (χ0n) is 17.0. The van der Waals surface area contributed by atoms with Crippen molar-refractivity contribution in [1.82, 2.24) is 31.2 Å². The third-order valence-corrected chi connectivity index (χ3v) is 5.29. The lowest BCUT2D eigenvalue weighted by molar-refractivity contribution is -0.129. The monoisotopic (exact) mass is 402 g/mol. The zero-order chi connectivity index (χ0) is 20.8. The number of fused-ring (bicyclic) bond motifs is 1. The van der Waals surface area contributed by atoms with Crippen molar-refractivity contribution in [1.29, 1.82) is 0 Å². The van der Waals surface area contributed by atoms with Crippen molar-refractivity contribution in [2.45, 2.75) is 63.8 Å². The predicted molar refractivity (Wildman–Crippen MR) is 108 cm³/mol. The average Bonchev–Trinajstić information content (AvgIpc) is 3.10. The van der Waals surface area contributed by atoms with Crippen molar-refractivity contribution < 1.29 is 14.4 Å². The van der Waals surface area contributed by atoms with E-state index in [4.69, 9.17) is 0 Å². The Labute approximate surface area is 171 Å². The van der Waals surface area contributed by atoms with Gasteiger partial charge in [0.2, 0.25) is 11.8 Å². The molecule has 2 fully saturated rings. The molecule has 1 aromatic rings. The van der Waals surface area contributed by atoms with Gasteiger partial charge in [0.25, 0.3) is 0 Å². The van der Waals surface area contributed by atoms with Gasteiger partial charge in [0, 0.05) is 56.6 Å². The van der Waals surface area contributed by atoms with Crippen molar-refractivity contribution in [3.63, 3.8) is 0 Å². The summed E-state index contributed by atoms with van der Waals surface area (Å²) >= 11 is 0. The van der Waals surface area contributed by atoms with Crippen molar-refractivity contribution >= 4 is 17.8 Å². The lowest BCUT2D eigenvalue weighted by atomic mass is 10.0. The minimum atomic E-state index is -0.253. The van der Waals surface area contributed by atoms with Gasteiger partial charge in [-0.2, -0.15) is 0 Å². The molecule has 4 N–H and O–H groups in total. The van der Waals surface area contributed by atoms with Crippen molar-refractivity contribution in [3.8, 4) is 0 Å². The number of pyridine rings is 1. The molecule has 3 rings (SSSR count). The topological polar surface area (TPSA) is 115 Å². The van der Waals surface area contributed by atoms with Crippen LogP contribution < -0.4 is 21.3 Å². The summed E-state index contributed by atoms with van der Waals surface area (Å²) in [6.07, 6.45) is 5.05. The number of piperazine rings is 1. The molecule has 0 unspecified atom stereocenters. The summed E-state index contributed by atoms with van der Waals surface area (Å²) in [7, 11) is 0. The molecule has 2 aliphatic rings. The SMILES string of the molecule is CC(C)NC(=O)N[C@H]1C[C@H]2C(=O)NC[C@@H](CCC(=O)NCc3cccnc3)N2C1. The van der Waals surface area contributed by atoms with Gasteiger partial charge < -0.3 is 21.3 Å². The minimum absolute atomic E-state index is 0.00385. The molecule has 3 atom stereocenters. The van der Waals surface area contributed by atoms with Crippen LogP contribution in [0.1, 0.15) is 38.7 Å². The van der Waals surface area contributed by atoms with Gasteiger partial charge in [0.15, 0.2) is 0 Å². The zero-order valence-corrected chi connectivity index (χ0v) is 17.0. The first-order chi connectivity index (χ1) is 13.9. The first-order valence-electron chi connectivity index (χ1n) is 10.2. The van der Waals surface area contributed by atoms with E-state index in [1.807, 2.05) is 26.0 Å². The van der Waals surface area contributed by atoms with E-state index >= 15 is 0 Å².